The molecule has 1 fully saturated rings. The second kappa shape index (κ2) is 15.8. The third-order valence-electron chi connectivity index (χ3n) is 9.82. The summed E-state index contributed by atoms with van der Waals surface area (Å²) in [6.45, 7) is 17.3. The van der Waals surface area contributed by atoms with Crippen LogP contribution in [0.15, 0.2) is 77.3 Å². The molecule has 2 aromatic heterocycles. The van der Waals surface area contributed by atoms with Crippen molar-refractivity contribution in [1.29, 1.82) is 0 Å². The van der Waals surface area contributed by atoms with Gasteiger partial charge in [-0.15, -0.1) is 0 Å². The fourth-order valence-electron chi connectivity index (χ4n) is 6.86. The summed E-state index contributed by atoms with van der Waals surface area (Å²) in [5, 5.41) is 4.54. The van der Waals surface area contributed by atoms with E-state index in [0.717, 1.165) is 66.8 Å². The largest absolute Gasteiger partial charge is 0.463 e. The number of pyridine rings is 2. The van der Waals surface area contributed by atoms with Gasteiger partial charge in [-0.2, -0.15) is 0 Å². The zero-order chi connectivity index (χ0) is 35.2. The van der Waals surface area contributed by atoms with Gasteiger partial charge in [-0.25, -0.2) is 9.97 Å². The summed E-state index contributed by atoms with van der Waals surface area (Å²) in [7, 11) is 2.18. The molecule has 3 aliphatic heterocycles. The summed E-state index contributed by atoms with van der Waals surface area (Å²) < 4.78 is 7.59. The van der Waals surface area contributed by atoms with E-state index >= 15 is 0 Å². The van der Waals surface area contributed by atoms with Gasteiger partial charge in [0.2, 0.25) is 0 Å². The number of nitrogens with one attached hydrogen (secondary N) is 2. The van der Waals surface area contributed by atoms with Crippen molar-refractivity contribution in [2.45, 2.75) is 89.4 Å². The van der Waals surface area contributed by atoms with E-state index in [9.17, 15) is 9.59 Å². The molecular weight excluding hydrogens is 633 g/mol. The minimum atomic E-state index is -0.139. The van der Waals surface area contributed by atoms with Gasteiger partial charge in [0.15, 0.2) is 0 Å². The molecule has 49 heavy (non-hydrogen) atoms. The Balaban J connectivity index is 0.000000402. The van der Waals surface area contributed by atoms with E-state index in [1.54, 1.807) is 0 Å². The number of benzene rings is 1. The zero-order valence-electron chi connectivity index (χ0n) is 30.0. The molecule has 262 valence electrons. The topological polar surface area (TPSA) is 99.7 Å². The highest BCUT2D eigenvalue weighted by atomic mass is 32.2. The maximum absolute atomic E-state index is 13.6. The zero-order valence-corrected chi connectivity index (χ0v) is 30.8. The molecule has 1 amide bonds. The first-order valence-electron chi connectivity index (χ1n) is 17.3. The highest BCUT2D eigenvalue weighted by Crippen LogP contribution is 2.43. The Bertz CT molecular complexity index is 1620. The number of likely N-dealkylation sites (N-methyl/N-ethyl adjacent to an activating group) is 1. The van der Waals surface area contributed by atoms with Crippen molar-refractivity contribution in [3.05, 3.63) is 89.1 Å². The predicted molar refractivity (Wildman–Crippen MR) is 199 cm³/mol. The molecule has 2 N–H and O–H groups in total. The van der Waals surface area contributed by atoms with E-state index < -0.39 is 0 Å². The molecule has 6 rings (SSSR count). The van der Waals surface area contributed by atoms with E-state index in [-0.39, 0.29) is 22.9 Å². The van der Waals surface area contributed by atoms with Gasteiger partial charge in [-0.05, 0) is 87.4 Å². The number of aromatic nitrogens is 2. The molecule has 0 spiro atoms. The second-order valence-electron chi connectivity index (χ2n) is 15.2. The number of amides is 1. The summed E-state index contributed by atoms with van der Waals surface area (Å²) in [4.78, 5) is 38.1. The quantitative estimate of drug-likeness (QED) is 0.167. The van der Waals surface area contributed by atoms with Crippen molar-refractivity contribution in [3.63, 3.8) is 0 Å². The third-order valence-corrected chi connectivity index (χ3v) is 10.5. The molecule has 0 saturated carbocycles. The molecule has 10 heteroatoms. The fraction of sp³-hybridized carbons (Fsp3) is 0.487. The lowest BCUT2D eigenvalue weighted by atomic mass is 9.82. The average Bonchev–Trinajstić information content (AvgIpc) is 3.41. The number of anilines is 2. The Kier molecular flexibility index (Phi) is 11.7. The molecule has 1 aromatic carbocycles. The summed E-state index contributed by atoms with van der Waals surface area (Å²) in [5.41, 5.74) is 3.89. The highest BCUT2D eigenvalue weighted by Gasteiger charge is 2.43. The van der Waals surface area contributed by atoms with Gasteiger partial charge in [0.1, 0.15) is 23.3 Å². The molecule has 4 bridgehead atoms. The van der Waals surface area contributed by atoms with Crippen LogP contribution in [0.25, 0.3) is 0 Å². The Morgan fingerprint density at radius 2 is 1.84 bits per heavy atom. The first-order chi connectivity index (χ1) is 23.3. The van der Waals surface area contributed by atoms with Gasteiger partial charge in [-0.1, -0.05) is 70.2 Å². The number of rotatable bonds is 4. The van der Waals surface area contributed by atoms with Crippen LogP contribution in [-0.4, -0.2) is 65.5 Å². The summed E-state index contributed by atoms with van der Waals surface area (Å²) in [6.07, 6.45) is 5.58. The van der Waals surface area contributed by atoms with E-state index in [0.29, 0.717) is 30.5 Å². The molecule has 0 aliphatic carbocycles. The number of hydrogen-bond donors (Lipinski definition) is 2. The maximum Gasteiger partial charge on any atom is 0.293 e. The number of fused-ring (bicyclic) bond motifs is 6. The van der Waals surface area contributed by atoms with Crippen LogP contribution in [0.2, 0.25) is 0 Å². The van der Waals surface area contributed by atoms with Gasteiger partial charge in [0.25, 0.3) is 12.4 Å². The lowest BCUT2D eigenvalue weighted by Crippen LogP contribution is -2.40. The molecule has 3 atom stereocenters. The van der Waals surface area contributed by atoms with Gasteiger partial charge < -0.3 is 19.9 Å². The number of carbonyl (C=O) groups is 2. The summed E-state index contributed by atoms with van der Waals surface area (Å²) in [6, 6.07) is 19.7. The van der Waals surface area contributed by atoms with Crippen LogP contribution in [-0.2, 0) is 21.6 Å². The second-order valence-corrected chi connectivity index (χ2v) is 16.0. The van der Waals surface area contributed by atoms with E-state index in [1.807, 2.05) is 60.7 Å². The van der Waals surface area contributed by atoms with Crippen molar-refractivity contribution < 1.29 is 14.3 Å². The lowest BCUT2D eigenvalue weighted by molar-refractivity contribution is -0.129. The average molecular weight is 685 g/mol. The molecular formula is C39H52N6O3S. The van der Waals surface area contributed by atoms with E-state index in [2.05, 4.69) is 79.2 Å². The summed E-state index contributed by atoms with van der Waals surface area (Å²) in [5.74, 6) is 2.49. The maximum atomic E-state index is 13.6. The Morgan fingerprint density at radius 3 is 2.53 bits per heavy atom. The number of carbonyl (C=O) groups excluding carboxylic acids is 2. The van der Waals surface area contributed by atoms with Crippen molar-refractivity contribution in [3.8, 4) is 0 Å². The van der Waals surface area contributed by atoms with Crippen molar-refractivity contribution >= 4 is 36.0 Å². The molecule has 9 nitrogen and oxygen atoms in total. The normalized spacial score (nSPS) is 22.5. The number of hydrogen-bond acceptors (Lipinski definition) is 9. The van der Waals surface area contributed by atoms with Crippen LogP contribution in [0.4, 0.5) is 11.6 Å². The first kappa shape index (κ1) is 36.4. The van der Waals surface area contributed by atoms with Crippen LogP contribution in [0, 0.1) is 11.8 Å². The molecule has 3 aromatic rings. The lowest BCUT2D eigenvalue weighted by Gasteiger charge is -2.34. The fourth-order valence-corrected chi connectivity index (χ4v) is 7.46. The molecule has 0 radical (unpaired) electrons. The summed E-state index contributed by atoms with van der Waals surface area (Å²) >= 11 is 1.26. The first-order valence-corrected chi connectivity index (χ1v) is 18.1. The molecule has 1 saturated heterocycles. The minimum Gasteiger partial charge on any atom is -0.463 e. The predicted octanol–water partition coefficient (Wildman–Crippen LogP) is 7.26. The third kappa shape index (κ3) is 9.42. The monoisotopic (exact) mass is 684 g/mol. The highest BCUT2D eigenvalue weighted by molar-refractivity contribution is 7.97. The van der Waals surface area contributed by atoms with Crippen LogP contribution < -0.4 is 14.9 Å². The van der Waals surface area contributed by atoms with Crippen LogP contribution in [0.5, 0.6) is 0 Å². The Morgan fingerprint density at radius 1 is 1.06 bits per heavy atom. The minimum absolute atomic E-state index is 0.108. The SMILES string of the molecule is CC1CC(C2=CCN(C)CC2)Nc2cccc(n2)SNC(=O)c2ccc(C(C)(C)C)nc2N2CC1CC2(C)C.O=COCc1ccccc1. The molecule has 3 unspecified atom stereocenters. The van der Waals surface area contributed by atoms with E-state index in [1.165, 1.54) is 17.5 Å². The van der Waals surface area contributed by atoms with Crippen molar-refractivity contribution in [1.82, 2.24) is 19.6 Å². The Labute approximate surface area is 296 Å². The van der Waals surface area contributed by atoms with Crippen molar-refractivity contribution in [2.24, 2.45) is 11.8 Å². The molecule has 5 heterocycles. The molecule has 3 aliphatic rings. The van der Waals surface area contributed by atoms with Gasteiger partial charge >= 0.3 is 0 Å². The van der Waals surface area contributed by atoms with Crippen LogP contribution >= 0.6 is 11.9 Å². The standard InChI is InChI=1S/C31H44N6OS.C8H8O2/c1-20-17-24(21-13-15-36(7)16-14-21)32-26-9-8-10-27(34-26)39-35-29(38)23-11-12-25(30(2,3)4)33-28(23)37-19-22(20)18-31(37,5)6;9-7-10-6-8-4-2-1-3-5-8/h8-13,20,22,24H,14-19H2,1-7H3,(H,32,34)(H,35,38);1-5,7H,6H2. The number of ether oxygens (including phenoxy) is 1. The Hall–Kier alpha value is -3.89. The van der Waals surface area contributed by atoms with Gasteiger partial charge in [-0.3, -0.25) is 14.3 Å². The van der Waals surface area contributed by atoms with Gasteiger partial charge in [0.05, 0.1) is 5.56 Å². The van der Waals surface area contributed by atoms with Crippen LogP contribution in [0.3, 0.4) is 0 Å². The van der Waals surface area contributed by atoms with Crippen LogP contribution in [0.1, 0.15) is 82.4 Å². The van der Waals surface area contributed by atoms with E-state index in [4.69, 9.17) is 9.97 Å². The number of nitrogens with zero attached hydrogens (tertiary/aromatic N) is 4. The smallest absolute Gasteiger partial charge is 0.293 e. The van der Waals surface area contributed by atoms with Crippen molar-refractivity contribution in [2.75, 3.05) is 36.9 Å². The van der Waals surface area contributed by atoms with Gasteiger partial charge in [0, 0.05) is 54.3 Å².